The van der Waals surface area contributed by atoms with Gasteiger partial charge in [-0.05, 0) is 62.4 Å². The Hall–Kier alpha value is -0.670. The van der Waals surface area contributed by atoms with Crippen molar-refractivity contribution < 1.29 is 0 Å². The van der Waals surface area contributed by atoms with Gasteiger partial charge in [0.2, 0.25) is 0 Å². The molecule has 1 aliphatic heterocycles. The smallest absolute Gasteiger partial charge is 0.190 e. The van der Waals surface area contributed by atoms with E-state index in [2.05, 4.69) is 62.9 Å². The molecule has 1 heterocycles. The van der Waals surface area contributed by atoms with Crippen molar-refractivity contribution in [1.29, 1.82) is 0 Å². The number of unbranched alkanes of at least 4 members (excludes halogenated alkanes) is 1. The van der Waals surface area contributed by atoms with E-state index in [9.17, 15) is 0 Å². The standard InChI is InChI=1S/C21H37N5S.HI/c1-19-8-6-9-20(18-19)26-15-13-25(14-16-26)12-7-11-24-21(22-2)23-10-4-5-17-27-3;/h6,8-9,18H,4-5,7,10-17H2,1-3H3,(H2,22,23,24);1H. The van der Waals surface area contributed by atoms with Crippen LogP contribution in [0.4, 0.5) is 5.69 Å². The van der Waals surface area contributed by atoms with Crippen molar-refractivity contribution in [3.63, 3.8) is 0 Å². The Balaban J connectivity index is 0.00000392. The summed E-state index contributed by atoms with van der Waals surface area (Å²) in [6.07, 6.45) is 5.78. The van der Waals surface area contributed by atoms with Crippen LogP contribution in [0.1, 0.15) is 24.8 Å². The van der Waals surface area contributed by atoms with Crippen molar-refractivity contribution in [1.82, 2.24) is 15.5 Å². The first kappa shape index (κ1) is 25.4. The number of aryl methyl sites for hydroxylation is 1. The van der Waals surface area contributed by atoms with E-state index in [1.807, 2.05) is 18.8 Å². The maximum Gasteiger partial charge on any atom is 0.190 e. The van der Waals surface area contributed by atoms with E-state index in [1.165, 1.54) is 29.8 Å². The topological polar surface area (TPSA) is 42.9 Å². The monoisotopic (exact) mass is 519 g/mol. The van der Waals surface area contributed by atoms with E-state index in [4.69, 9.17) is 0 Å². The molecule has 7 heteroatoms. The molecule has 1 aliphatic rings. The van der Waals surface area contributed by atoms with Crippen LogP contribution in [-0.2, 0) is 0 Å². The molecular formula is C21H38IN5S. The lowest BCUT2D eigenvalue weighted by Gasteiger charge is -2.36. The molecule has 0 atom stereocenters. The molecule has 0 spiro atoms. The van der Waals surface area contributed by atoms with Crippen molar-refractivity contribution >= 4 is 47.4 Å². The first-order valence-electron chi connectivity index (χ1n) is 10.2. The minimum Gasteiger partial charge on any atom is -0.369 e. The summed E-state index contributed by atoms with van der Waals surface area (Å²) in [5.41, 5.74) is 2.70. The Morgan fingerprint density at radius 2 is 1.79 bits per heavy atom. The fraction of sp³-hybridized carbons (Fsp3) is 0.667. The summed E-state index contributed by atoms with van der Waals surface area (Å²) in [7, 11) is 1.85. The van der Waals surface area contributed by atoms with E-state index in [0.717, 1.165) is 58.2 Å². The predicted octanol–water partition coefficient (Wildman–Crippen LogP) is 3.43. The van der Waals surface area contributed by atoms with E-state index in [1.54, 1.807) is 0 Å². The largest absolute Gasteiger partial charge is 0.369 e. The SMILES string of the molecule is CN=C(NCCCCSC)NCCCN1CCN(c2cccc(C)c2)CC1.I. The molecule has 2 rings (SSSR count). The van der Waals surface area contributed by atoms with Crippen LogP contribution in [0.15, 0.2) is 29.3 Å². The molecule has 0 bridgehead atoms. The normalized spacial score (nSPS) is 15.2. The van der Waals surface area contributed by atoms with E-state index >= 15 is 0 Å². The highest BCUT2D eigenvalue weighted by molar-refractivity contribution is 14.0. The molecule has 1 aromatic carbocycles. The third-order valence-corrected chi connectivity index (χ3v) is 5.67. The molecular weight excluding hydrogens is 481 g/mol. The first-order chi connectivity index (χ1) is 13.2. The van der Waals surface area contributed by atoms with Gasteiger partial charge in [-0.25, -0.2) is 0 Å². The third-order valence-electron chi connectivity index (χ3n) is 4.97. The summed E-state index contributed by atoms with van der Waals surface area (Å²) < 4.78 is 0. The van der Waals surface area contributed by atoms with Gasteiger partial charge in [0.05, 0.1) is 0 Å². The minimum absolute atomic E-state index is 0. The Morgan fingerprint density at radius 1 is 1.07 bits per heavy atom. The quantitative estimate of drug-likeness (QED) is 0.215. The van der Waals surface area contributed by atoms with Gasteiger partial charge < -0.3 is 15.5 Å². The second kappa shape index (κ2) is 15.2. The summed E-state index contributed by atoms with van der Waals surface area (Å²) in [6.45, 7) is 9.84. The molecule has 0 radical (unpaired) electrons. The lowest BCUT2D eigenvalue weighted by Crippen LogP contribution is -2.47. The second-order valence-electron chi connectivity index (χ2n) is 7.15. The Labute approximate surface area is 193 Å². The van der Waals surface area contributed by atoms with Crippen LogP contribution in [-0.4, -0.2) is 75.7 Å². The first-order valence-corrected chi connectivity index (χ1v) is 11.6. The minimum atomic E-state index is 0. The van der Waals surface area contributed by atoms with Crippen molar-refractivity contribution in [2.24, 2.45) is 4.99 Å². The number of guanidine groups is 1. The molecule has 1 fully saturated rings. The highest BCUT2D eigenvalue weighted by Crippen LogP contribution is 2.17. The van der Waals surface area contributed by atoms with Gasteiger partial charge in [-0.2, -0.15) is 11.8 Å². The predicted molar refractivity (Wildman–Crippen MR) is 137 cm³/mol. The number of nitrogens with zero attached hydrogens (tertiary/aromatic N) is 3. The number of aliphatic imine (C=N–C) groups is 1. The van der Waals surface area contributed by atoms with Gasteiger partial charge in [0.1, 0.15) is 0 Å². The number of hydrogen-bond acceptors (Lipinski definition) is 4. The average Bonchev–Trinajstić information content (AvgIpc) is 2.70. The van der Waals surface area contributed by atoms with Crippen molar-refractivity contribution in [2.45, 2.75) is 26.2 Å². The van der Waals surface area contributed by atoms with Crippen LogP contribution < -0.4 is 15.5 Å². The highest BCUT2D eigenvalue weighted by atomic mass is 127. The molecule has 2 N–H and O–H groups in total. The molecule has 0 aromatic heterocycles. The summed E-state index contributed by atoms with van der Waals surface area (Å²) in [5, 5.41) is 6.84. The molecule has 0 saturated carbocycles. The maximum atomic E-state index is 4.31. The maximum absolute atomic E-state index is 4.31. The second-order valence-corrected chi connectivity index (χ2v) is 8.13. The van der Waals surface area contributed by atoms with Gasteiger partial charge in [0.25, 0.3) is 0 Å². The number of anilines is 1. The van der Waals surface area contributed by atoms with Crippen molar-refractivity contribution in [3.8, 4) is 0 Å². The van der Waals surface area contributed by atoms with E-state index < -0.39 is 0 Å². The molecule has 160 valence electrons. The fourth-order valence-corrected chi connectivity index (χ4v) is 3.86. The molecule has 5 nitrogen and oxygen atoms in total. The van der Waals surface area contributed by atoms with Crippen LogP contribution in [0, 0.1) is 6.92 Å². The molecule has 0 unspecified atom stereocenters. The lowest BCUT2D eigenvalue weighted by atomic mass is 10.2. The summed E-state index contributed by atoms with van der Waals surface area (Å²) in [6, 6.07) is 8.84. The molecule has 28 heavy (non-hydrogen) atoms. The summed E-state index contributed by atoms with van der Waals surface area (Å²) in [4.78, 5) is 9.39. The van der Waals surface area contributed by atoms with Gasteiger partial charge in [-0.15, -0.1) is 24.0 Å². The van der Waals surface area contributed by atoms with Crippen molar-refractivity contribution in [3.05, 3.63) is 29.8 Å². The van der Waals surface area contributed by atoms with Gasteiger partial charge in [-0.1, -0.05) is 12.1 Å². The number of rotatable bonds is 10. The number of nitrogens with one attached hydrogen (secondary N) is 2. The van der Waals surface area contributed by atoms with Gasteiger partial charge >= 0.3 is 0 Å². The van der Waals surface area contributed by atoms with Crippen LogP contribution in [0.25, 0.3) is 0 Å². The number of piperazine rings is 1. The highest BCUT2D eigenvalue weighted by Gasteiger charge is 2.16. The third kappa shape index (κ3) is 9.69. The Kier molecular flexibility index (Phi) is 13.8. The molecule has 0 aliphatic carbocycles. The zero-order valence-electron chi connectivity index (χ0n) is 17.7. The number of thioether (sulfide) groups is 1. The average molecular weight is 520 g/mol. The van der Waals surface area contributed by atoms with Crippen LogP contribution in [0.3, 0.4) is 0 Å². The zero-order valence-corrected chi connectivity index (χ0v) is 20.9. The number of benzene rings is 1. The molecule has 1 saturated heterocycles. The fourth-order valence-electron chi connectivity index (χ4n) is 3.36. The van der Waals surface area contributed by atoms with Crippen LogP contribution in [0.5, 0.6) is 0 Å². The Bertz CT molecular complexity index is 561. The number of hydrogen-bond donors (Lipinski definition) is 2. The number of halogens is 1. The molecule has 1 aromatic rings. The summed E-state index contributed by atoms with van der Waals surface area (Å²) >= 11 is 1.91. The van der Waals surface area contributed by atoms with E-state index in [0.29, 0.717) is 0 Å². The van der Waals surface area contributed by atoms with Crippen molar-refractivity contribution in [2.75, 3.05) is 69.8 Å². The van der Waals surface area contributed by atoms with Crippen LogP contribution in [0.2, 0.25) is 0 Å². The van der Waals surface area contributed by atoms with Gasteiger partial charge in [0, 0.05) is 52.0 Å². The zero-order chi connectivity index (χ0) is 19.3. The van der Waals surface area contributed by atoms with Gasteiger partial charge in [-0.3, -0.25) is 9.89 Å². The lowest BCUT2D eigenvalue weighted by molar-refractivity contribution is 0.255. The van der Waals surface area contributed by atoms with E-state index in [-0.39, 0.29) is 24.0 Å². The van der Waals surface area contributed by atoms with Crippen LogP contribution >= 0.6 is 35.7 Å². The van der Waals surface area contributed by atoms with Gasteiger partial charge in [0.15, 0.2) is 5.96 Å². The molecule has 0 amide bonds. The Morgan fingerprint density at radius 3 is 2.43 bits per heavy atom. The summed E-state index contributed by atoms with van der Waals surface area (Å²) in [5.74, 6) is 2.17.